The molecule has 1 fully saturated rings. The summed E-state index contributed by atoms with van der Waals surface area (Å²) in [4.78, 5) is 4.93. The molecule has 0 N–H and O–H groups in total. The highest BCUT2D eigenvalue weighted by Crippen LogP contribution is 2.11. The second kappa shape index (κ2) is 9.35. The highest BCUT2D eigenvalue weighted by molar-refractivity contribution is 4.93. The van der Waals surface area contributed by atoms with E-state index in [1.165, 1.54) is 32.2 Å². The molecule has 3 heteroatoms. The summed E-state index contributed by atoms with van der Waals surface area (Å²) in [7, 11) is 0. The fourth-order valence-corrected chi connectivity index (χ4v) is 2.66. The molecule has 1 rings (SSSR count). The van der Waals surface area contributed by atoms with Crippen molar-refractivity contribution in [3.8, 4) is 6.07 Å². The first-order valence-corrected chi connectivity index (χ1v) is 7.67. The largest absolute Gasteiger partial charge is 0.301 e. The van der Waals surface area contributed by atoms with Gasteiger partial charge in [0.25, 0.3) is 0 Å². The Hall–Kier alpha value is -0.590. The third-order valence-electron chi connectivity index (χ3n) is 3.89. The number of piperazine rings is 1. The fraction of sp³-hybridized carbons (Fsp3) is 0.933. The fourth-order valence-electron chi connectivity index (χ4n) is 2.66. The number of rotatable bonds is 8. The van der Waals surface area contributed by atoms with E-state index in [0.717, 1.165) is 39.0 Å². The molecule has 0 saturated carbocycles. The van der Waals surface area contributed by atoms with Crippen molar-refractivity contribution in [3.63, 3.8) is 0 Å². The molecule has 18 heavy (non-hydrogen) atoms. The molecule has 0 bridgehead atoms. The van der Waals surface area contributed by atoms with Crippen molar-refractivity contribution in [2.45, 2.75) is 58.4 Å². The zero-order chi connectivity index (χ0) is 13.2. The molecule has 1 aliphatic heterocycles. The molecule has 1 heterocycles. The van der Waals surface area contributed by atoms with Gasteiger partial charge in [-0.3, -0.25) is 4.90 Å². The molecular weight excluding hydrogens is 222 g/mol. The van der Waals surface area contributed by atoms with Gasteiger partial charge in [0.05, 0.1) is 12.1 Å². The number of hydrogen-bond donors (Lipinski definition) is 0. The van der Waals surface area contributed by atoms with Gasteiger partial charge in [0.2, 0.25) is 0 Å². The van der Waals surface area contributed by atoms with Crippen LogP contribution >= 0.6 is 0 Å². The summed E-state index contributed by atoms with van der Waals surface area (Å²) in [5.41, 5.74) is 0. The van der Waals surface area contributed by atoms with Crippen molar-refractivity contribution in [1.29, 1.82) is 5.26 Å². The van der Waals surface area contributed by atoms with Gasteiger partial charge in [-0.1, -0.05) is 39.5 Å². The molecule has 3 nitrogen and oxygen atoms in total. The Morgan fingerprint density at radius 3 is 2.28 bits per heavy atom. The summed E-state index contributed by atoms with van der Waals surface area (Å²) >= 11 is 0. The standard InChI is InChI=1S/C15H29N3/c1-3-5-6-7-9-17-10-12-18(13-11-17)15(14-16)8-4-2/h15H,3-13H2,1-2H3. The van der Waals surface area contributed by atoms with Crippen LogP contribution in [0.4, 0.5) is 0 Å². The molecule has 0 aromatic carbocycles. The average Bonchev–Trinajstić information content (AvgIpc) is 2.42. The number of nitrogens with zero attached hydrogens (tertiary/aromatic N) is 3. The third-order valence-corrected chi connectivity index (χ3v) is 3.89. The topological polar surface area (TPSA) is 30.3 Å². The van der Waals surface area contributed by atoms with E-state index in [4.69, 9.17) is 0 Å². The molecule has 1 aliphatic rings. The van der Waals surface area contributed by atoms with Crippen LogP contribution in [0.2, 0.25) is 0 Å². The van der Waals surface area contributed by atoms with Gasteiger partial charge in [-0.2, -0.15) is 5.26 Å². The summed E-state index contributed by atoms with van der Waals surface area (Å²) in [5, 5.41) is 9.17. The van der Waals surface area contributed by atoms with E-state index in [1.54, 1.807) is 0 Å². The Balaban J connectivity index is 2.17. The first kappa shape index (κ1) is 15.5. The zero-order valence-corrected chi connectivity index (χ0v) is 12.2. The first-order chi connectivity index (χ1) is 8.81. The molecule has 1 saturated heterocycles. The summed E-state index contributed by atoms with van der Waals surface area (Å²) < 4.78 is 0. The van der Waals surface area contributed by atoms with Crippen LogP contribution in [0.25, 0.3) is 0 Å². The predicted molar refractivity (Wildman–Crippen MR) is 76.5 cm³/mol. The minimum atomic E-state index is 0.150. The summed E-state index contributed by atoms with van der Waals surface area (Å²) in [6.45, 7) is 10.1. The van der Waals surface area contributed by atoms with Gasteiger partial charge >= 0.3 is 0 Å². The van der Waals surface area contributed by atoms with Crippen LogP contribution in [0.15, 0.2) is 0 Å². The van der Waals surface area contributed by atoms with E-state index < -0.39 is 0 Å². The SMILES string of the molecule is CCCCCCN1CCN(C(C#N)CCC)CC1. The van der Waals surface area contributed by atoms with Gasteiger partial charge in [-0.05, 0) is 19.4 Å². The molecule has 1 atom stereocenters. The summed E-state index contributed by atoms with van der Waals surface area (Å²) in [6.07, 6.45) is 7.52. The van der Waals surface area contributed by atoms with Crippen LogP contribution in [0, 0.1) is 11.3 Å². The molecule has 0 aliphatic carbocycles. The molecule has 0 radical (unpaired) electrons. The van der Waals surface area contributed by atoms with Crippen molar-refractivity contribution in [2.75, 3.05) is 32.7 Å². The second-order valence-electron chi connectivity index (χ2n) is 5.37. The van der Waals surface area contributed by atoms with Crippen molar-refractivity contribution in [1.82, 2.24) is 9.80 Å². The van der Waals surface area contributed by atoms with Crippen molar-refractivity contribution >= 4 is 0 Å². The van der Waals surface area contributed by atoms with Gasteiger partial charge < -0.3 is 4.90 Å². The first-order valence-electron chi connectivity index (χ1n) is 7.67. The van der Waals surface area contributed by atoms with E-state index in [1.807, 2.05) is 0 Å². The number of hydrogen-bond acceptors (Lipinski definition) is 3. The number of nitriles is 1. The van der Waals surface area contributed by atoms with Crippen molar-refractivity contribution < 1.29 is 0 Å². The normalized spacial score (nSPS) is 19.6. The molecule has 0 amide bonds. The summed E-state index contributed by atoms with van der Waals surface area (Å²) in [6, 6.07) is 2.61. The van der Waals surface area contributed by atoms with Crippen LogP contribution in [0.5, 0.6) is 0 Å². The zero-order valence-electron chi connectivity index (χ0n) is 12.2. The van der Waals surface area contributed by atoms with Crippen molar-refractivity contribution in [2.24, 2.45) is 0 Å². The van der Waals surface area contributed by atoms with Crippen LogP contribution in [-0.4, -0.2) is 48.6 Å². The van der Waals surface area contributed by atoms with Crippen LogP contribution in [-0.2, 0) is 0 Å². The van der Waals surface area contributed by atoms with E-state index in [9.17, 15) is 5.26 Å². The molecule has 104 valence electrons. The molecule has 0 aromatic rings. The second-order valence-corrected chi connectivity index (χ2v) is 5.37. The Labute approximate surface area is 113 Å². The van der Waals surface area contributed by atoms with Gasteiger partial charge in [-0.25, -0.2) is 0 Å². The Morgan fingerprint density at radius 1 is 1.00 bits per heavy atom. The van der Waals surface area contributed by atoms with E-state index in [0.29, 0.717) is 0 Å². The predicted octanol–water partition coefficient (Wildman–Crippen LogP) is 2.88. The van der Waals surface area contributed by atoms with E-state index >= 15 is 0 Å². The molecule has 0 aromatic heterocycles. The number of unbranched alkanes of at least 4 members (excludes halogenated alkanes) is 3. The van der Waals surface area contributed by atoms with E-state index in [-0.39, 0.29) is 6.04 Å². The maximum Gasteiger partial charge on any atom is 0.0978 e. The smallest absolute Gasteiger partial charge is 0.0978 e. The van der Waals surface area contributed by atoms with Gasteiger partial charge in [-0.15, -0.1) is 0 Å². The Kier molecular flexibility index (Phi) is 8.04. The van der Waals surface area contributed by atoms with Crippen molar-refractivity contribution in [3.05, 3.63) is 0 Å². The lowest BCUT2D eigenvalue weighted by Crippen LogP contribution is -2.50. The van der Waals surface area contributed by atoms with E-state index in [2.05, 4.69) is 29.7 Å². The Morgan fingerprint density at radius 2 is 1.72 bits per heavy atom. The lowest BCUT2D eigenvalue weighted by atomic mass is 10.1. The molecule has 1 unspecified atom stereocenters. The highest BCUT2D eigenvalue weighted by atomic mass is 15.3. The third kappa shape index (κ3) is 5.37. The quantitative estimate of drug-likeness (QED) is 0.621. The lowest BCUT2D eigenvalue weighted by Gasteiger charge is -2.36. The van der Waals surface area contributed by atoms with Crippen LogP contribution in [0.3, 0.4) is 0 Å². The van der Waals surface area contributed by atoms with Crippen LogP contribution < -0.4 is 0 Å². The minimum absolute atomic E-state index is 0.150. The lowest BCUT2D eigenvalue weighted by molar-refractivity contribution is 0.109. The molecular formula is C15H29N3. The summed E-state index contributed by atoms with van der Waals surface area (Å²) in [5.74, 6) is 0. The minimum Gasteiger partial charge on any atom is -0.301 e. The highest BCUT2D eigenvalue weighted by Gasteiger charge is 2.22. The Bertz CT molecular complexity index is 239. The van der Waals surface area contributed by atoms with Gasteiger partial charge in [0.15, 0.2) is 0 Å². The monoisotopic (exact) mass is 251 g/mol. The van der Waals surface area contributed by atoms with Gasteiger partial charge in [0, 0.05) is 26.2 Å². The molecule has 0 spiro atoms. The maximum atomic E-state index is 9.17. The average molecular weight is 251 g/mol. The maximum absolute atomic E-state index is 9.17. The van der Waals surface area contributed by atoms with Crippen LogP contribution in [0.1, 0.15) is 52.4 Å². The van der Waals surface area contributed by atoms with Gasteiger partial charge in [0.1, 0.15) is 0 Å².